The van der Waals surface area contributed by atoms with E-state index in [1.807, 2.05) is 0 Å². The van der Waals surface area contributed by atoms with Gasteiger partial charge in [-0.15, -0.1) is 0 Å². The van der Waals surface area contributed by atoms with Crippen LogP contribution in [0.15, 0.2) is 41.3 Å². The first-order chi connectivity index (χ1) is 6.77. The lowest BCUT2D eigenvalue weighted by Crippen LogP contribution is -2.02. The molecule has 2 aromatic heterocycles. The van der Waals surface area contributed by atoms with Gasteiger partial charge in [-0.05, 0) is 18.2 Å². The van der Waals surface area contributed by atoms with Gasteiger partial charge in [0.15, 0.2) is 0 Å². The standard InChI is InChI=1S/C10H6FNO2/c11-8-1-2-9(12-5-8)10(13)7-3-4-14-6-7/h1-6H. The monoisotopic (exact) mass is 191 g/mol. The summed E-state index contributed by atoms with van der Waals surface area (Å²) in [6, 6.07) is 4.07. The minimum Gasteiger partial charge on any atom is -0.472 e. The van der Waals surface area contributed by atoms with Crippen molar-refractivity contribution < 1.29 is 13.6 Å². The van der Waals surface area contributed by atoms with E-state index in [2.05, 4.69) is 4.98 Å². The molecule has 4 heteroatoms. The van der Waals surface area contributed by atoms with Gasteiger partial charge in [0.25, 0.3) is 0 Å². The first kappa shape index (κ1) is 8.62. The number of rotatable bonds is 2. The second kappa shape index (κ2) is 3.41. The Kier molecular flexibility index (Phi) is 2.10. The highest BCUT2D eigenvalue weighted by Gasteiger charge is 2.10. The van der Waals surface area contributed by atoms with Gasteiger partial charge in [0, 0.05) is 0 Å². The lowest BCUT2D eigenvalue weighted by atomic mass is 10.1. The van der Waals surface area contributed by atoms with Crippen LogP contribution in [0, 0.1) is 5.82 Å². The van der Waals surface area contributed by atoms with Crippen molar-refractivity contribution in [2.75, 3.05) is 0 Å². The number of ketones is 1. The molecule has 0 unspecified atom stereocenters. The number of furan rings is 1. The SMILES string of the molecule is O=C(c1ccoc1)c1ccc(F)cn1. The summed E-state index contributed by atoms with van der Waals surface area (Å²) in [6.07, 6.45) is 3.73. The average molecular weight is 191 g/mol. The summed E-state index contributed by atoms with van der Waals surface area (Å²) >= 11 is 0. The average Bonchev–Trinajstić information content (AvgIpc) is 2.71. The lowest BCUT2D eigenvalue weighted by Gasteiger charge is -1.95. The van der Waals surface area contributed by atoms with E-state index in [9.17, 15) is 9.18 Å². The molecule has 70 valence electrons. The van der Waals surface area contributed by atoms with Crippen molar-refractivity contribution in [3.05, 3.63) is 54.0 Å². The van der Waals surface area contributed by atoms with Crippen LogP contribution in [0.25, 0.3) is 0 Å². The molecule has 2 heterocycles. The molecule has 0 saturated heterocycles. The van der Waals surface area contributed by atoms with Crippen LogP contribution in [-0.2, 0) is 0 Å². The van der Waals surface area contributed by atoms with Crippen LogP contribution >= 0.6 is 0 Å². The molecule has 0 amide bonds. The van der Waals surface area contributed by atoms with Crippen molar-refractivity contribution in [3.63, 3.8) is 0 Å². The summed E-state index contributed by atoms with van der Waals surface area (Å²) < 4.78 is 17.3. The minimum atomic E-state index is -0.464. The molecule has 0 saturated carbocycles. The van der Waals surface area contributed by atoms with Gasteiger partial charge >= 0.3 is 0 Å². The van der Waals surface area contributed by atoms with Gasteiger partial charge in [-0.3, -0.25) is 4.79 Å². The van der Waals surface area contributed by atoms with Gasteiger partial charge < -0.3 is 4.42 Å². The van der Waals surface area contributed by atoms with E-state index in [-0.39, 0.29) is 11.5 Å². The Bertz CT molecular complexity index is 434. The van der Waals surface area contributed by atoms with E-state index in [0.717, 1.165) is 6.20 Å². The lowest BCUT2D eigenvalue weighted by molar-refractivity contribution is 0.103. The number of nitrogens with zero attached hydrogens (tertiary/aromatic N) is 1. The van der Waals surface area contributed by atoms with E-state index >= 15 is 0 Å². The molecule has 0 atom stereocenters. The molecule has 0 aromatic carbocycles. The zero-order valence-electron chi connectivity index (χ0n) is 7.11. The number of carbonyl (C=O) groups excluding carboxylic acids is 1. The molecule has 0 bridgehead atoms. The Labute approximate surface area is 79.2 Å². The Morgan fingerprint density at radius 1 is 1.36 bits per heavy atom. The first-order valence-corrected chi connectivity index (χ1v) is 3.96. The van der Waals surface area contributed by atoms with Crippen LogP contribution in [0.5, 0.6) is 0 Å². The number of hydrogen-bond donors (Lipinski definition) is 0. The molecular weight excluding hydrogens is 185 g/mol. The molecule has 0 aliphatic heterocycles. The van der Waals surface area contributed by atoms with E-state index in [1.165, 1.54) is 30.7 Å². The van der Waals surface area contributed by atoms with Crippen molar-refractivity contribution in [3.8, 4) is 0 Å². The normalized spacial score (nSPS) is 10.1. The molecule has 0 radical (unpaired) electrons. The largest absolute Gasteiger partial charge is 0.472 e. The molecule has 0 N–H and O–H groups in total. The maximum Gasteiger partial charge on any atom is 0.214 e. The third-order valence-corrected chi connectivity index (χ3v) is 1.74. The third-order valence-electron chi connectivity index (χ3n) is 1.74. The number of pyridine rings is 1. The molecule has 0 aliphatic carbocycles. The van der Waals surface area contributed by atoms with Crippen LogP contribution in [0.2, 0.25) is 0 Å². The first-order valence-electron chi connectivity index (χ1n) is 3.96. The smallest absolute Gasteiger partial charge is 0.214 e. The van der Waals surface area contributed by atoms with Gasteiger partial charge in [0.1, 0.15) is 17.8 Å². The maximum atomic E-state index is 12.5. The van der Waals surface area contributed by atoms with E-state index in [0.29, 0.717) is 5.56 Å². The van der Waals surface area contributed by atoms with Gasteiger partial charge in [0.05, 0.1) is 18.0 Å². The Morgan fingerprint density at radius 3 is 2.79 bits per heavy atom. The molecule has 14 heavy (non-hydrogen) atoms. The minimum absolute atomic E-state index is 0.202. The Morgan fingerprint density at radius 2 is 2.21 bits per heavy atom. The molecule has 2 aromatic rings. The summed E-state index contributed by atoms with van der Waals surface area (Å²) in [4.78, 5) is 15.2. The summed E-state index contributed by atoms with van der Waals surface area (Å²) in [5, 5.41) is 0. The second-order valence-corrected chi connectivity index (χ2v) is 2.70. The fourth-order valence-corrected chi connectivity index (χ4v) is 1.05. The second-order valence-electron chi connectivity index (χ2n) is 2.70. The molecule has 2 rings (SSSR count). The van der Waals surface area contributed by atoms with Crippen LogP contribution in [0.4, 0.5) is 4.39 Å². The van der Waals surface area contributed by atoms with Crippen molar-refractivity contribution >= 4 is 5.78 Å². The fraction of sp³-hybridized carbons (Fsp3) is 0. The van der Waals surface area contributed by atoms with Gasteiger partial charge in [-0.25, -0.2) is 9.37 Å². The molecular formula is C10H6FNO2. The zero-order chi connectivity index (χ0) is 9.97. The topological polar surface area (TPSA) is 43.1 Å². The maximum absolute atomic E-state index is 12.5. The predicted molar refractivity (Wildman–Crippen MR) is 46.3 cm³/mol. The van der Waals surface area contributed by atoms with Crippen molar-refractivity contribution in [2.24, 2.45) is 0 Å². The highest BCUT2D eigenvalue weighted by molar-refractivity contribution is 6.07. The van der Waals surface area contributed by atoms with Crippen LogP contribution in [0.3, 0.4) is 0 Å². The number of hydrogen-bond acceptors (Lipinski definition) is 3. The summed E-state index contributed by atoms with van der Waals surface area (Å²) in [5.74, 6) is -0.743. The summed E-state index contributed by atoms with van der Waals surface area (Å²) in [5.41, 5.74) is 0.608. The van der Waals surface area contributed by atoms with Gasteiger partial charge in [-0.2, -0.15) is 0 Å². The fourth-order valence-electron chi connectivity index (χ4n) is 1.05. The highest BCUT2D eigenvalue weighted by Crippen LogP contribution is 2.08. The highest BCUT2D eigenvalue weighted by atomic mass is 19.1. The van der Waals surface area contributed by atoms with Gasteiger partial charge in [0.2, 0.25) is 5.78 Å². The molecule has 0 fully saturated rings. The molecule has 0 spiro atoms. The van der Waals surface area contributed by atoms with Gasteiger partial charge in [-0.1, -0.05) is 0 Å². The van der Waals surface area contributed by atoms with Crippen LogP contribution in [-0.4, -0.2) is 10.8 Å². The summed E-state index contributed by atoms with van der Waals surface area (Å²) in [7, 11) is 0. The predicted octanol–water partition coefficient (Wildman–Crippen LogP) is 2.04. The van der Waals surface area contributed by atoms with Crippen molar-refractivity contribution in [1.29, 1.82) is 0 Å². The Balaban J connectivity index is 2.33. The van der Waals surface area contributed by atoms with E-state index in [1.54, 1.807) is 0 Å². The van der Waals surface area contributed by atoms with Crippen LogP contribution in [0.1, 0.15) is 16.1 Å². The summed E-state index contributed by atoms with van der Waals surface area (Å²) in [6.45, 7) is 0. The van der Waals surface area contributed by atoms with Crippen molar-refractivity contribution in [2.45, 2.75) is 0 Å². The zero-order valence-corrected chi connectivity index (χ0v) is 7.11. The van der Waals surface area contributed by atoms with E-state index in [4.69, 9.17) is 4.42 Å². The molecule has 0 aliphatic rings. The third kappa shape index (κ3) is 1.54. The molecule has 3 nitrogen and oxygen atoms in total. The quantitative estimate of drug-likeness (QED) is 0.682. The van der Waals surface area contributed by atoms with E-state index < -0.39 is 5.82 Å². The number of halogens is 1. The van der Waals surface area contributed by atoms with Crippen LogP contribution < -0.4 is 0 Å². The van der Waals surface area contributed by atoms with Crippen molar-refractivity contribution in [1.82, 2.24) is 4.98 Å². The number of carbonyl (C=O) groups is 1. The number of aromatic nitrogens is 1. The Hall–Kier alpha value is -1.97.